The van der Waals surface area contributed by atoms with Crippen LogP contribution >= 0.6 is 11.8 Å². The fourth-order valence-electron chi connectivity index (χ4n) is 3.47. The Hall–Kier alpha value is -3.72. The smallest absolute Gasteiger partial charge is 0.282 e. The third kappa shape index (κ3) is 5.43. The number of carbonyl (C=O) groups excluding carboxylic acids is 1. The highest BCUT2D eigenvalue weighted by atomic mass is 32.2. The highest BCUT2D eigenvalue weighted by molar-refractivity contribution is 8.00. The van der Waals surface area contributed by atoms with E-state index in [-0.39, 0.29) is 22.6 Å². The quantitative estimate of drug-likeness (QED) is 0.289. The number of aromatic nitrogens is 4. The van der Waals surface area contributed by atoms with Crippen molar-refractivity contribution in [2.24, 2.45) is 0 Å². The molecule has 9 heteroatoms. The van der Waals surface area contributed by atoms with Crippen molar-refractivity contribution >= 4 is 34.5 Å². The van der Waals surface area contributed by atoms with Gasteiger partial charge in [-0.3, -0.25) is 14.2 Å². The van der Waals surface area contributed by atoms with Gasteiger partial charge >= 0.3 is 0 Å². The molecule has 0 radical (unpaired) electrons. The summed E-state index contributed by atoms with van der Waals surface area (Å²) < 4.78 is 6.83. The lowest BCUT2D eigenvalue weighted by Crippen LogP contribution is -2.29. The van der Waals surface area contributed by atoms with Crippen LogP contribution in [0.25, 0.3) is 11.2 Å². The molecule has 0 unspecified atom stereocenters. The molecule has 2 aromatic carbocycles. The first kappa shape index (κ1) is 23.4. The van der Waals surface area contributed by atoms with E-state index in [1.54, 1.807) is 23.8 Å². The summed E-state index contributed by atoms with van der Waals surface area (Å²) in [5, 5.41) is 2.92. The highest BCUT2D eigenvalue weighted by Crippen LogP contribution is 2.26. The molecule has 0 saturated carbocycles. The molecule has 34 heavy (non-hydrogen) atoms. The van der Waals surface area contributed by atoms with Crippen LogP contribution in [-0.2, 0) is 17.8 Å². The molecular weight excluding hydrogens is 450 g/mol. The van der Waals surface area contributed by atoms with E-state index in [9.17, 15) is 9.59 Å². The van der Waals surface area contributed by atoms with Gasteiger partial charge in [-0.05, 0) is 30.5 Å². The number of benzene rings is 2. The normalized spacial score (nSPS) is 11.8. The van der Waals surface area contributed by atoms with E-state index < -0.39 is 5.25 Å². The summed E-state index contributed by atoms with van der Waals surface area (Å²) in [4.78, 5) is 39.3. The van der Waals surface area contributed by atoms with E-state index in [1.165, 1.54) is 24.2 Å². The fourth-order valence-corrected chi connectivity index (χ4v) is 4.50. The number of carbonyl (C=O) groups is 1. The summed E-state index contributed by atoms with van der Waals surface area (Å²) in [5.41, 5.74) is 1.97. The summed E-state index contributed by atoms with van der Waals surface area (Å²) in [6.45, 7) is 2.34. The van der Waals surface area contributed by atoms with Crippen molar-refractivity contribution in [3.8, 4) is 5.75 Å². The van der Waals surface area contributed by atoms with Gasteiger partial charge in [0.2, 0.25) is 5.91 Å². The minimum Gasteiger partial charge on any atom is -0.497 e. The minimum atomic E-state index is -0.463. The lowest BCUT2D eigenvalue weighted by molar-refractivity contribution is -0.115. The second-order valence-electron chi connectivity index (χ2n) is 7.55. The molecule has 2 aromatic heterocycles. The van der Waals surface area contributed by atoms with Crippen LogP contribution in [0.3, 0.4) is 0 Å². The molecule has 4 rings (SSSR count). The summed E-state index contributed by atoms with van der Waals surface area (Å²) in [6.07, 6.45) is 4.18. The molecule has 0 saturated heterocycles. The first-order valence-electron chi connectivity index (χ1n) is 11.0. The summed E-state index contributed by atoms with van der Waals surface area (Å²) in [5.74, 6) is 0.479. The SMILES string of the molecule is CC[C@@H](Sc1nc2nccnc2c(=O)n1CCc1ccccc1)C(=O)Nc1cccc(OC)c1. The lowest BCUT2D eigenvalue weighted by atomic mass is 10.1. The van der Waals surface area contributed by atoms with Gasteiger partial charge in [0.25, 0.3) is 5.56 Å². The van der Waals surface area contributed by atoms with E-state index in [0.717, 1.165) is 5.56 Å². The minimum absolute atomic E-state index is 0.177. The van der Waals surface area contributed by atoms with Crippen molar-refractivity contribution in [1.29, 1.82) is 0 Å². The lowest BCUT2D eigenvalue weighted by Gasteiger charge is -2.18. The number of thioether (sulfide) groups is 1. The molecule has 0 aliphatic heterocycles. The molecule has 0 bridgehead atoms. The molecule has 174 valence electrons. The van der Waals surface area contributed by atoms with Gasteiger partial charge in [-0.2, -0.15) is 0 Å². The number of hydrogen-bond acceptors (Lipinski definition) is 7. The van der Waals surface area contributed by atoms with Gasteiger partial charge in [-0.1, -0.05) is 55.1 Å². The Morgan fingerprint density at radius 2 is 1.91 bits per heavy atom. The molecule has 0 fully saturated rings. The Labute approximate surface area is 201 Å². The number of fused-ring (bicyclic) bond motifs is 1. The third-order valence-corrected chi connectivity index (χ3v) is 6.63. The summed E-state index contributed by atoms with van der Waals surface area (Å²) in [7, 11) is 1.58. The Bertz CT molecular complexity index is 1340. The molecule has 0 aliphatic carbocycles. The molecule has 1 amide bonds. The maximum atomic E-state index is 13.3. The number of nitrogens with one attached hydrogen (secondary N) is 1. The van der Waals surface area contributed by atoms with Crippen LogP contribution in [-0.4, -0.2) is 37.8 Å². The van der Waals surface area contributed by atoms with Gasteiger partial charge in [0.15, 0.2) is 16.3 Å². The molecule has 0 spiro atoms. The topological polar surface area (TPSA) is 99.0 Å². The number of nitrogens with zero attached hydrogens (tertiary/aromatic N) is 4. The van der Waals surface area contributed by atoms with Crippen molar-refractivity contribution in [3.05, 3.63) is 82.9 Å². The van der Waals surface area contributed by atoms with Crippen LogP contribution in [0.5, 0.6) is 5.75 Å². The second-order valence-corrected chi connectivity index (χ2v) is 8.72. The number of ether oxygens (including phenoxy) is 1. The number of anilines is 1. The summed E-state index contributed by atoms with van der Waals surface area (Å²) in [6, 6.07) is 17.1. The standard InChI is InChI=1S/C25H25N5O3S/c1-3-20(23(31)28-18-10-7-11-19(16-18)33-2)34-25-29-22-21(26-13-14-27-22)24(32)30(25)15-12-17-8-5-4-6-9-17/h4-11,13-14,16,20H,3,12,15H2,1-2H3,(H,28,31)/t20-/m1/s1. The van der Waals surface area contributed by atoms with Crippen LogP contribution in [0.1, 0.15) is 18.9 Å². The van der Waals surface area contributed by atoms with Crippen molar-refractivity contribution < 1.29 is 9.53 Å². The number of amides is 1. The van der Waals surface area contributed by atoms with Gasteiger partial charge < -0.3 is 10.1 Å². The third-order valence-electron chi connectivity index (χ3n) is 5.27. The highest BCUT2D eigenvalue weighted by Gasteiger charge is 2.23. The zero-order valence-corrected chi connectivity index (χ0v) is 19.8. The van der Waals surface area contributed by atoms with Crippen molar-refractivity contribution in [3.63, 3.8) is 0 Å². The predicted octanol–water partition coefficient (Wildman–Crippen LogP) is 3.95. The maximum Gasteiger partial charge on any atom is 0.282 e. The fraction of sp³-hybridized carbons (Fsp3) is 0.240. The van der Waals surface area contributed by atoms with Gasteiger partial charge in [0.1, 0.15) is 5.75 Å². The van der Waals surface area contributed by atoms with E-state index in [4.69, 9.17) is 4.74 Å². The van der Waals surface area contributed by atoms with Gasteiger partial charge in [0.05, 0.1) is 12.4 Å². The Balaban J connectivity index is 1.62. The van der Waals surface area contributed by atoms with Crippen molar-refractivity contribution in [2.45, 2.75) is 36.7 Å². The van der Waals surface area contributed by atoms with Gasteiger partial charge in [-0.25, -0.2) is 15.0 Å². The van der Waals surface area contributed by atoms with E-state index >= 15 is 0 Å². The van der Waals surface area contributed by atoms with E-state index in [1.807, 2.05) is 49.4 Å². The Morgan fingerprint density at radius 1 is 1.12 bits per heavy atom. The van der Waals surface area contributed by atoms with Crippen LogP contribution in [0, 0.1) is 0 Å². The molecular formula is C25H25N5O3S. The van der Waals surface area contributed by atoms with Crippen molar-refractivity contribution in [2.75, 3.05) is 12.4 Å². The average molecular weight is 476 g/mol. The number of methoxy groups -OCH3 is 1. The molecule has 8 nitrogen and oxygen atoms in total. The van der Waals surface area contributed by atoms with Crippen molar-refractivity contribution in [1.82, 2.24) is 19.5 Å². The second kappa shape index (κ2) is 10.9. The first-order chi connectivity index (χ1) is 16.6. The molecule has 1 atom stereocenters. The average Bonchev–Trinajstić information content (AvgIpc) is 2.87. The molecule has 0 aliphatic rings. The Morgan fingerprint density at radius 3 is 2.68 bits per heavy atom. The van der Waals surface area contributed by atoms with Crippen LogP contribution in [0.2, 0.25) is 0 Å². The Kier molecular flexibility index (Phi) is 7.54. The van der Waals surface area contributed by atoms with Crippen LogP contribution in [0.15, 0.2) is 76.9 Å². The largest absolute Gasteiger partial charge is 0.497 e. The van der Waals surface area contributed by atoms with Gasteiger partial charge in [-0.15, -0.1) is 0 Å². The zero-order valence-electron chi connectivity index (χ0n) is 19.0. The molecule has 2 heterocycles. The monoisotopic (exact) mass is 475 g/mol. The van der Waals surface area contributed by atoms with Gasteiger partial charge in [0, 0.05) is 30.7 Å². The molecule has 1 N–H and O–H groups in total. The first-order valence-corrected chi connectivity index (χ1v) is 11.8. The zero-order chi connectivity index (χ0) is 23.9. The number of rotatable bonds is 9. The number of hydrogen-bond donors (Lipinski definition) is 1. The maximum absolute atomic E-state index is 13.3. The molecule has 4 aromatic rings. The predicted molar refractivity (Wildman–Crippen MR) is 133 cm³/mol. The van der Waals surface area contributed by atoms with E-state index in [0.29, 0.717) is 36.0 Å². The number of aryl methyl sites for hydroxylation is 1. The van der Waals surface area contributed by atoms with E-state index in [2.05, 4.69) is 20.3 Å². The van der Waals surface area contributed by atoms with Crippen LogP contribution < -0.4 is 15.6 Å². The summed E-state index contributed by atoms with van der Waals surface area (Å²) >= 11 is 1.26. The van der Waals surface area contributed by atoms with Crippen LogP contribution in [0.4, 0.5) is 5.69 Å².